The van der Waals surface area contributed by atoms with Gasteiger partial charge in [0.05, 0.1) is 6.61 Å². The van der Waals surface area contributed by atoms with E-state index in [-0.39, 0.29) is 6.04 Å². The summed E-state index contributed by atoms with van der Waals surface area (Å²) < 4.78 is 4.61. The maximum Gasteiger partial charge on any atom is 0.384 e. The molecule has 68 valence electrons. The van der Waals surface area contributed by atoms with Gasteiger partial charge < -0.3 is 10.5 Å². The van der Waals surface area contributed by atoms with Gasteiger partial charge in [-0.25, -0.2) is 4.79 Å². The van der Waals surface area contributed by atoms with Crippen LogP contribution in [0.4, 0.5) is 0 Å². The summed E-state index contributed by atoms with van der Waals surface area (Å²) in [6.07, 6.45) is 1.46. The lowest BCUT2D eigenvalue weighted by Gasteiger charge is -1.97. The molecule has 0 aliphatic carbocycles. The molecule has 0 saturated carbocycles. The summed E-state index contributed by atoms with van der Waals surface area (Å²) in [7, 11) is 0. The Morgan fingerprint density at radius 1 is 1.67 bits per heavy atom. The Morgan fingerprint density at radius 3 is 2.83 bits per heavy atom. The lowest BCUT2D eigenvalue weighted by atomic mass is 10.2. The average Bonchev–Trinajstić information content (AvgIpc) is 1.98. The molecular weight excluding hydrogens is 154 g/mol. The monoisotopic (exact) mass is 169 g/mol. The van der Waals surface area contributed by atoms with Crippen LogP contribution in [-0.2, 0) is 9.53 Å². The molecule has 2 N–H and O–H groups in total. The van der Waals surface area contributed by atoms with E-state index in [0.29, 0.717) is 13.0 Å². The summed E-state index contributed by atoms with van der Waals surface area (Å²) in [4.78, 5) is 10.7. The zero-order chi connectivity index (χ0) is 9.40. The zero-order valence-electron chi connectivity index (χ0n) is 7.59. The molecule has 0 aromatic heterocycles. The van der Waals surface area contributed by atoms with Gasteiger partial charge in [-0.3, -0.25) is 0 Å². The maximum atomic E-state index is 10.7. The number of hydrogen-bond acceptors (Lipinski definition) is 3. The van der Waals surface area contributed by atoms with Crippen LogP contribution in [0.1, 0.15) is 26.7 Å². The predicted octanol–water partition coefficient (Wildman–Crippen LogP) is 0.680. The normalized spacial score (nSPS) is 11.2. The summed E-state index contributed by atoms with van der Waals surface area (Å²) in [5.41, 5.74) is 5.48. The number of ether oxygens (including phenoxy) is 1. The van der Waals surface area contributed by atoms with Crippen molar-refractivity contribution in [2.75, 3.05) is 6.61 Å². The van der Waals surface area contributed by atoms with Crippen molar-refractivity contribution in [3.05, 3.63) is 0 Å². The minimum Gasteiger partial charge on any atom is -0.456 e. The Labute approximate surface area is 73.3 Å². The number of carbonyl (C=O) groups excluding carboxylic acids is 1. The highest BCUT2D eigenvalue weighted by molar-refractivity contribution is 5.88. The lowest BCUT2D eigenvalue weighted by Crippen LogP contribution is -2.13. The molecule has 3 nitrogen and oxygen atoms in total. The molecule has 1 unspecified atom stereocenters. The van der Waals surface area contributed by atoms with Gasteiger partial charge in [0.15, 0.2) is 0 Å². The van der Waals surface area contributed by atoms with Gasteiger partial charge in [0.1, 0.15) is 0 Å². The second-order valence-electron chi connectivity index (χ2n) is 2.54. The zero-order valence-corrected chi connectivity index (χ0v) is 7.59. The van der Waals surface area contributed by atoms with Crippen LogP contribution in [0.3, 0.4) is 0 Å². The van der Waals surface area contributed by atoms with Gasteiger partial charge in [-0.15, -0.1) is 0 Å². The molecule has 0 amide bonds. The molecule has 0 aliphatic rings. The number of esters is 1. The van der Waals surface area contributed by atoms with Gasteiger partial charge in [-0.05, 0) is 20.3 Å². The van der Waals surface area contributed by atoms with Crippen molar-refractivity contribution in [3.8, 4) is 11.8 Å². The maximum absolute atomic E-state index is 10.7. The third-order valence-electron chi connectivity index (χ3n) is 1.19. The van der Waals surface area contributed by atoms with E-state index in [1.54, 1.807) is 6.92 Å². The molecule has 0 fully saturated rings. The lowest BCUT2D eigenvalue weighted by molar-refractivity contribution is -0.136. The van der Waals surface area contributed by atoms with Crippen LogP contribution in [0.25, 0.3) is 0 Å². The first-order valence-corrected chi connectivity index (χ1v) is 4.08. The Bertz CT molecular complexity index is 188. The van der Waals surface area contributed by atoms with Gasteiger partial charge in [-0.2, -0.15) is 0 Å². The van der Waals surface area contributed by atoms with E-state index in [9.17, 15) is 4.79 Å². The molecule has 0 heterocycles. The molecule has 1 atom stereocenters. The minimum atomic E-state index is -0.456. The summed E-state index contributed by atoms with van der Waals surface area (Å²) in [5.74, 6) is 4.61. The first kappa shape index (κ1) is 11.0. The molecule has 0 rings (SSSR count). The van der Waals surface area contributed by atoms with E-state index in [2.05, 4.69) is 16.6 Å². The molecule has 0 aliphatic heterocycles. The highest BCUT2D eigenvalue weighted by Gasteiger charge is 1.93. The van der Waals surface area contributed by atoms with Crippen molar-refractivity contribution in [3.63, 3.8) is 0 Å². The van der Waals surface area contributed by atoms with Gasteiger partial charge in [0.25, 0.3) is 0 Å². The quantitative estimate of drug-likeness (QED) is 0.384. The first-order chi connectivity index (χ1) is 5.66. The summed E-state index contributed by atoms with van der Waals surface area (Å²) in [5, 5.41) is 0. The third kappa shape index (κ3) is 7.10. The van der Waals surface area contributed by atoms with Crippen molar-refractivity contribution >= 4 is 5.97 Å². The number of hydrogen-bond donors (Lipinski definition) is 1. The summed E-state index contributed by atoms with van der Waals surface area (Å²) in [6, 6.07) is 0.140. The van der Waals surface area contributed by atoms with Gasteiger partial charge >= 0.3 is 5.97 Å². The highest BCUT2D eigenvalue weighted by atomic mass is 16.5. The van der Waals surface area contributed by atoms with Crippen LogP contribution in [0, 0.1) is 11.8 Å². The second kappa shape index (κ2) is 6.68. The SMILES string of the molecule is CCOC(=O)C#CCCC(C)N. The van der Waals surface area contributed by atoms with E-state index >= 15 is 0 Å². The van der Waals surface area contributed by atoms with Gasteiger partial charge in [0, 0.05) is 18.4 Å². The molecule has 0 aromatic rings. The number of rotatable bonds is 3. The largest absolute Gasteiger partial charge is 0.456 e. The van der Waals surface area contributed by atoms with Gasteiger partial charge in [-0.1, -0.05) is 5.92 Å². The fourth-order valence-corrected chi connectivity index (χ4v) is 0.602. The van der Waals surface area contributed by atoms with E-state index in [4.69, 9.17) is 5.73 Å². The highest BCUT2D eigenvalue weighted by Crippen LogP contribution is 1.90. The summed E-state index contributed by atoms with van der Waals surface area (Å²) in [6.45, 7) is 4.04. The predicted molar refractivity (Wildman–Crippen MR) is 47.3 cm³/mol. The average molecular weight is 169 g/mol. The Kier molecular flexibility index (Phi) is 6.12. The van der Waals surface area contributed by atoms with E-state index in [1.807, 2.05) is 6.92 Å². The molecule has 12 heavy (non-hydrogen) atoms. The Morgan fingerprint density at radius 2 is 2.33 bits per heavy atom. The van der Waals surface area contributed by atoms with E-state index in [1.165, 1.54) is 0 Å². The molecule has 0 radical (unpaired) electrons. The van der Waals surface area contributed by atoms with Crippen LogP contribution in [0.2, 0.25) is 0 Å². The minimum absolute atomic E-state index is 0.140. The molecule has 3 heteroatoms. The van der Waals surface area contributed by atoms with Gasteiger partial charge in [0.2, 0.25) is 0 Å². The third-order valence-corrected chi connectivity index (χ3v) is 1.19. The molecule has 0 saturated heterocycles. The second-order valence-corrected chi connectivity index (χ2v) is 2.54. The fourth-order valence-electron chi connectivity index (χ4n) is 0.602. The first-order valence-electron chi connectivity index (χ1n) is 4.08. The number of nitrogens with two attached hydrogens (primary N) is 1. The van der Waals surface area contributed by atoms with Crippen molar-refractivity contribution in [2.45, 2.75) is 32.7 Å². The summed E-state index contributed by atoms with van der Waals surface area (Å²) >= 11 is 0. The van der Waals surface area contributed by atoms with Crippen molar-refractivity contribution in [1.29, 1.82) is 0 Å². The molecule has 0 bridgehead atoms. The standard InChI is InChI=1S/C9H15NO2/c1-3-12-9(11)7-5-4-6-8(2)10/h8H,3-4,6,10H2,1-2H3. The van der Waals surface area contributed by atoms with Crippen LogP contribution < -0.4 is 5.73 Å². The van der Waals surface area contributed by atoms with Crippen LogP contribution >= 0.6 is 0 Å². The van der Waals surface area contributed by atoms with Crippen molar-refractivity contribution in [1.82, 2.24) is 0 Å². The van der Waals surface area contributed by atoms with E-state index in [0.717, 1.165) is 6.42 Å². The van der Waals surface area contributed by atoms with Crippen molar-refractivity contribution < 1.29 is 9.53 Å². The van der Waals surface area contributed by atoms with Crippen LogP contribution in [-0.4, -0.2) is 18.6 Å². The topological polar surface area (TPSA) is 52.3 Å². The van der Waals surface area contributed by atoms with E-state index < -0.39 is 5.97 Å². The number of carbonyl (C=O) groups is 1. The molecular formula is C9H15NO2. The fraction of sp³-hybridized carbons (Fsp3) is 0.667. The Hall–Kier alpha value is -1.01. The molecule has 0 aromatic carbocycles. The van der Waals surface area contributed by atoms with Crippen molar-refractivity contribution in [2.24, 2.45) is 5.73 Å². The smallest absolute Gasteiger partial charge is 0.384 e. The van der Waals surface area contributed by atoms with Crippen LogP contribution in [0.15, 0.2) is 0 Å². The van der Waals surface area contributed by atoms with Crippen LogP contribution in [0.5, 0.6) is 0 Å². The molecule has 0 spiro atoms. The Balaban J connectivity index is 3.51.